The number of aliphatic hydroxyl groups excluding tert-OH is 1. The van der Waals surface area contributed by atoms with Gasteiger partial charge < -0.3 is 15.3 Å². The molecule has 1 aliphatic rings. The highest BCUT2D eigenvalue weighted by Crippen LogP contribution is 2.25. The summed E-state index contributed by atoms with van der Waals surface area (Å²) in [6.45, 7) is 2.54. The number of rotatable bonds is 6. The van der Waals surface area contributed by atoms with E-state index in [1.807, 2.05) is 0 Å². The summed E-state index contributed by atoms with van der Waals surface area (Å²) in [7, 11) is 4.11. The van der Waals surface area contributed by atoms with E-state index in [4.69, 9.17) is 0 Å². The van der Waals surface area contributed by atoms with Crippen LogP contribution in [0.5, 0.6) is 0 Å². The number of aryl methyl sites for hydroxylation is 2. The zero-order valence-electron chi connectivity index (χ0n) is 11.4. The predicted molar refractivity (Wildman–Crippen MR) is 74.9 cm³/mol. The number of nitrogens with zero attached hydrogens (tertiary/aromatic N) is 1. The summed E-state index contributed by atoms with van der Waals surface area (Å²) in [6.07, 6.45) is 3.24. The molecule has 1 atom stereocenters. The largest absolute Gasteiger partial charge is 0.387 e. The summed E-state index contributed by atoms with van der Waals surface area (Å²) in [5, 5.41) is 13.4. The molecule has 0 spiro atoms. The van der Waals surface area contributed by atoms with Gasteiger partial charge in [-0.2, -0.15) is 0 Å². The van der Waals surface area contributed by atoms with Crippen LogP contribution in [-0.4, -0.2) is 43.7 Å². The van der Waals surface area contributed by atoms with E-state index in [9.17, 15) is 5.11 Å². The Kier molecular flexibility index (Phi) is 4.75. The third-order valence-corrected chi connectivity index (χ3v) is 3.58. The molecule has 18 heavy (non-hydrogen) atoms. The van der Waals surface area contributed by atoms with Crippen molar-refractivity contribution in [1.82, 2.24) is 10.2 Å². The van der Waals surface area contributed by atoms with E-state index in [1.165, 1.54) is 30.4 Å². The fourth-order valence-electron chi connectivity index (χ4n) is 2.46. The summed E-state index contributed by atoms with van der Waals surface area (Å²) in [5.41, 5.74) is 3.94. The van der Waals surface area contributed by atoms with Crippen molar-refractivity contribution in [2.45, 2.75) is 25.4 Å². The molecule has 2 rings (SSSR count). The number of aliphatic hydroxyl groups is 1. The summed E-state index contributed by atoms with van der Waals surface area (Å²) in [5.74, 6) is 0. The van der Waals surface area contributed by atoms with Crippen LogP contribution in [0.15, 0.2) is 18.2 Å². The number of likely N-dealkylation sites (N-methyl/N-ethyl adjacent to an activating group) is 1. The molecule has 3 nitrogen and oxygen atoms in total. The molecule has 0 radical (unpaired) electrons. The van der Waals surface area contributed by atoms with E-state index >= 15 is 0 Å². The van der Waals surface area contributed by atoms with Gasteiger partial charge in [0.15, 0.2) is 0 Å². The van der Waals surface area contributed by atoms with Crippen molar-refractivity contribution in [1.29, 1.82) is 0 Å². The summed E-state index contributed by atoms with van der Waals surface area (Å²) in [6, 6.07) is 6.43. The molecule has 0 aliphatic heterocycles. The second-order valence-electron chi connectivity index (χ2n) is 5.40. The zero-order valence-corrected chi connectivity index (χ0v) is 11.4. The quantitative estimate of drug-likeness (QED) is 0.746. The van der Waals surface area contributed by atoms with Gasteiger partial charge in [0.1, 0.15) is 0 Å². The normalized spacial score (nSPS) is 16.0. The molecule has 0 aromatic heterocycles. The Balaban J connectivity index is 1.83. The minimum absolute atomic E-state index is 0.391. The minimum atomic E-state index is -0.391. The first-order valence-electron chi connectivity index (χ1n) is 6.82. The van der Waals surface area contributed by atoms with E-state index in [1.54, 1.807) is 0 Å². The van der Waals surface area contributed by atoms with E-state index < -0.39 is 6.10 Å². The van der Waals surface area contributed by atoms with Crippen molar-refractivity contribution >= 4 is 0 Å². The molecule has 0 fully saturated rings. The average molecular weight is 248 g/mol. The molecule has 1 unspecified atom stereocenters. The first-order valence-corrected chi connectivity index (χ1v) is 6.82. The number of hydrogen-bond donors (Lipinski definition) is 2. The van der Waals surface area contributed by atoms with Crippen molar-refractivity contribution in [2.75, 3.05) is 33.7 Å². The molecular weight excluding hydrogens is 224 g/mol. The molecule has 1 aromatic carbocycles. The van der Waals surface area contributed by atoms with E-state index in [0.717, 1.165) is 18.7 Å². The average Bonchev–Trinajstić information content (AvgIpc) is 2.81. The van der Waals surface area contributed by atoms with Crippen LogP contribution in [-0.2, 0) is 12.8 Å². The number of benzene rings is 1. The molecule has 100 valence electrons. The van der Waals surface area contributed by atoms with Crippen molar-refractivity contribution in [2.24, 2.45) is 0 Å². The Hall–Kier alpha value is -0.900. The lowest BCUT2D eigenvalue weighted by Crippen LogP contribution is -2.29. The third kappa shape index (κ3) is 3.55. The van der Waals surface area contributed by atoms with E-state index in [-0.39, 0.29) is 0 Å². The summed E-state index contributed by atoms with van der Waals surface area (Å²) < 4.78 is 0. The van der Waals surface area contributed by atoms with Crippen LogP contribution in [0.2, 0.25) is 0 Å². The first kappa shape index (κ1) is 13.5. The maximum absolute atomic E-state index is 10.1. The number of hydrogen-bond acceptors (Lipinski definition) is 3. The van der Waals surface area contributed by atoms with Gasteiger partial charge >= 0.3 is 0 Å². The second-order valence-corrected chi connectivity index (χ2v) is 5.40. The Morgan fingerprint density at radius 3 is 2.83 bits per heavy atom. The predicted octanol–water partition coefficient (Wildman–Crippen LogP) is 1.36. The van der Waals surface area contributed by atoms with Gasteiger partial charge in [0, 0.05) is 19.6 Å². The van der Waals surface area contributed by atoms with E-state index in [2.05, 4.69) is 42.5 Å². The highest BCUT2D eigenvalue weighted by Gasteiger charge is 2.14. The van der Waals surface area contributed by atoms with Crippen LogP contribution < -0.4 is 5.32 Å². The Morgan fingerprint density at radius 2 is 2.06 bits per heavy atom. The van der Waals surface area contributed by atoms with Gasteiger partial charge in [0.2, 0.25) is 0 Å². The van der Waals surface area contributed by atoms with Gasteiger partial charge in [-0.15, -0.1) is 0 Å². The van der Waals surface area contributed by atoms with Crippen molar-refractivity contribution in [3.8, 4) is 0 Å². The molecule has 0 bridgehead atoms. The lowest BCUT2D eigenvalue weighted by atomic mass is 10.0. The highest BCUT2D eigenvalue weighted by molar-refractivity contribution is 5.36. The maximum Gasteiger partial charge on any atom is 0.0914 e. The lowest BCUT2D eigenvalue weighted by Gasteiger charge is -2.15. The second kappa shape index (κ2) is 6.32. The zero-order chi connectivity index (χ0) is 13.0. The number of fused-ring (bicyclic) bond motifs is 1. The van der Waals surface area contributed by atoms with Gasteiger partial charge in [-0.3, -0.25) is 0 Å². The Labute approximate surface area is 110 Å². The minimum Gasteiger partial charge on any atom is -0.387 e. The van der Waals surface area contributed by atoms with Gasteiger partial charge in [0.25, 0.3) is 0 Å². The monoisotopic (exact) mass is 248 g/mol. The van der Waals surface area contributed by atoms with Crippen molar-refractivity contribution in [3.05, 3.63) is 34.9 Å². The SMILES string of the molecule is CN(C)CCNCC(O)c1ccc2c(c1)CCC2. The van der Waals surface area contributed by atoms with Crippen LogP contribution in [0.25, 0.3) is 0 Å². The van der Waals surface area contributed by atoms with Gasteiger partial charge in [-0.1, -0.05) is 18.2 Å². The van der Waals surface area contributed by atoms with Gasteiger partial charge in [0.05, 0.1) is 6.10 Å². The molecule has 0 saturated carbocycles. The first-order chi connectivity index (χ1) is 8.66. The summed E-state index contributed by atoms with van der Waals surface area (Å²) >= 11 is 0. The Bertz CT molecular complexity index is 390. The fraction of sp³-hybridized carbons (Fsp3) is 0.600. The summed E-state index contributed by atoms with van der Waals surface area (Å²) in [4.78, 5) is 2.13. The lowest BCUT2D eigenvalue weighted by molar-refractivity contribution is 0.173. The van der Waals surface area contributed by atoms with Crippen LogP contribution in [0.1, 0.15) is 29.2 Å². The molecule has 3 heteroatoms. The third-order valence-electron chi connectivity index (χ3n) is 3.58. The maximum atomic E-state index is 10.1. The molecule has 0 saturated heterocycles. The fourth-order valence-corrected chi connectivity index (χ4v) is 2.46. The molecule has 0 amide bonds. The standard InChI is InChI=1S/C15H24N2O/c1-17(2)9-8-16-11-15(18)14-7-6-12-4-3-5-13(12)10-14/h6-7,10,15-16,18H,3-5,8-9,11H2,1-2H3. The Morgan fingerprint density at radius 1 is 1.28 bits per heavy atom. The van der Waals surface area contributed by atoms with Crippen LogP contribution in [0.3, 0.4) is 0 Å². The van der Waals surface area contributed by atoms with Crippen LogP contribution >= 0.6 is 0 Å². The van der Waals surface area contributed by atoms with Crippen molar-refractivity contribution in [3.63, 3.8) is 0 Å². The molecule has 0 heterocycles. The topological polar surface area (TPSA) is 35.5 Å². The van der Waals surface area contributed by atoms with Crippen LogP contribution in [0, 0.1) is 0 Å². The highest BCUT2D eigenvalue weighted by atomic mass is 16.3. The van der Waals surface area contributed by atoms with Gasteiger partial charge in [-0.05, 0) is 50.0 Å². The molecule has 2 N–H and O–H groups in total. The number of nitrogens with one attached hydrogen (secondary N) is 1. The smallest absolute Gasteiger partial charge is 0.0914 e. The van der Waals surface area contributed by atoms with Crippen LogP contribution in [0.4, 0.5) is 0 Å². The van der Waals surface area contributed by atoms with Crippen molar-refractivity contribution < 1.29 is 5.11 Å². The molecule has 1 aliphatic carbocycles. The molecule has 1 aromatic rings. The van der Waals surface area contributed by atoms with E-state index in [0.29, 0.717) is 6.54 Å². The molecular formula is C15H24N2O. The van der Waals surface area contributed by atoms with Gasteiger partial charge in [-0.25, -0.2) is 0 Å².